The fraction of sp³-hybridized carbons (Fsp3) is 0.429. The van der Waals surface area contributed by atoms with Crippen LogP contribution >= 0.6 is 0 Å². The van der Waals surface area contributed by atoms with Gasteiger partial charge in [0, 0.05) is 13.3 Å². The monoisotopic (exact) mass is 335 g/mol. The average molecular weight is 335 g/mol. The van der Waals surface area contributed by atoms with E-state index in [1.54, 1.807) is 0 Å². The summed E-state index contributed by atoms with van der Waals surface area (Å²) in [4.78, 5) is 22.1. The van der Waals surface area contributed by atoms with Crippen LogP contribution in [0.4, 0.5) is 10.2 Å². The van der Waals surface area contributed by atoms with E-state index in [0.717, 1.165) is 0 Å². The molecule has 126 valence electrons. The molecule has 1 aliphatic rings. The maximum Gasteiger partial charge on any atom is 0.312 e. The Morgan fingerprint density at radius 3 is 3.12 bits per heavy atom. The Hall–Kier alpha value is -2.77. The number of fused-ring (bicyclic) bond motifs is 1. The minimum Gasteiger partial charge on any atom is -0.462 e. The lowest BCUT2D eigenvalue weighted by Crippen LogP contribution is -2.43. The Bertz CT molecular complexity index is 848. The van der Waals surface area contributed by atoms with Crippen LogP contribution in [0.3, 0.4) is 0 Å². The third-order valence-electron chi connectivity index (χ3n) is 3.78. The van der Waals surface area contributed by atoms with Crippen molar-refractivity contribution < 1.29 is 23.8 Å². The third kappa shape index (κ3) is 2.53. The summed E-state index contributed by atoms with van der Waals surface area (Å²) in [6.07, 6.45) is 3.97. The second kappa shape index (κ2) is 5.70. The fourth-order valence-corrected chi connectivity index (χ4v) is 2.55. The van der Waals surface area contributed by atoms with Crippen LogP contribution < -0.4 is 5.73 Å². The Labute approximate surface area is 135 Å². The Morgan fingerprint density at radius 1 is 1.71 bits per heavy atom. The number of imidazole rings is 1. The molecule has 0 aromatic carbocycles. The van der Waals surface area contributed by atoms with E-state index in [1.807, 2.05) is 0 Å². The Kier molecular flexibility index (Phi) is 3.82. The first-order chi connectivity index (χ1) is 11.4. The number of nitrogen functional groups attached to an aromatic ring is 1. The number of aliphatic hydroxyl groups is 1. The van der Waals surface area contributed by atoms with Gasteiger partial charge < -0.3 is 20.3 Å². The average Bonchev–Trinajstić information content (AvgIpc) is 3.07. The molecule has 24 heavy (non-hydrogen) atoms. The summed E-state index contributed by atoms with van der Waals surface area (Å²) >= 11 is 0. The number of anilines is 1. The highest BCUT2D eigenvalue weighted by Gasteiger charge is 2.49. The van der Waals surface area contributed by atoms with Gasteiger partial charge in [-0.1, -0.05) is 5.92 Å². The van der Waals surface area contributed by atoms with Crippen LogP contribution in [-0.4, -0.2) is 48.9 Å². The van der Waals surface area contributed by atoms with E-state index >= 15 is 0 Å². The lowest BCUT2D eigenvalue weighted by Gasteiger charge is -2.25. The molecule has 1 fully saturated rings. The molecule has 0 spiro atoms. The largest absolute Gasteiger partial charge is 0.462 e. The molecule has 1 aliphatic heterocycles. The van der Waals surface area contributed by atoms with Gasteiger partial charge in [-0.3, -0.25) is 9.36 Å². The van der Waals surface area contributed by atoms with Crippen LogP contribution in [0, 0.1) is 18.4 Å². The number of nitrogens with zero attached hydrogens (tertiary/aromatic N) is 4. The summed E-state index contributed by atoms with van der Waals surface area (Å²) in [5, 5.41) is 10.3. The lowest BCUT2D eigenvalue weighted by atomic mass is 9.99. The molecular formula is C14H14FN5O4. The molecule has 10 heteroatoms. The molecular weight excluding hydrogens is 321 g/mol. The van der Waals surface area contributed by atoms with Crippen LogP contribution in [-0.2, 0) is 14.3 Å². The van der Waals surface area contributed by atoms with Crippen molar-refractivity contribution in [1.29, 1.82) is 0 Å². The second-order valence-corrected chi connectivity index (χ2v) is 5.34. The van der Waals surface area contributed by atoms with E-state index in [-0.39, 0.29) is 30.0 Å². The SMILES string of the molecule is C#C[C@]1(COC(C)=O)OC(n2cnc3c(N)nc(F)nc32)C[C@@H]1O. The van der Waals surface area contributed by atoms with Gasteiger partial charge in [0.15, 0.2) is 22.6 Å². The van der Waals surface area contributed by atoms with E-state index in [9.17, 15) is 14.3 Å². The van der Waals surface area contributed by atoms with Gasteiger partial charge in [-0.05, 0) is 0 Å². The van der Waals surface area contributed by atoms with Crippen molar-refractivity contribution in [2.24, 2.45) is 0 Å². The van der Waals surface area contributed by atoms with Crippen LogP contribution in [0.25, 0.3) is 11.2 Å². The number of aromatic nitrogens is 4. The van der Waals surface area contributed by atoms with Gasteiger partial charge in [0.2, 0.25) is 0 Å². The molecule has 2 aromatic rings. The van der Waals surface area contributed by atoms with Crippen molar-refractivity contribution in [2.45, 2.75) is 31.3 Å². The number of rotatable bonds is 3. The van der Waals surface area contributed by atoms with E-state index in [0.29, 0.717) is 0 Å². The van der Waals surface area contributed by atoms with Crippen molar-refractivity contribution in [3.8, 4) is 12.3 Å². The van der Waals surface area contributed by atoms with E-state index in [4.69, 9.17) is 21.6 Å². The predicted octanol–water partition coefficient (Wildman–Crippen LogP) is -0.238. The molecule has 3 heterocycles. The first kappa shape index (κ1) is 16.1. The zero-order valence-electron chi connectivity index (χ0n) is 12.6. The molecule has 0 radical (unpaired) electrons. The van der Waals surface area contributed by atoms with Crippen molar-refractivity contribution in [2.75, 3.05) is 12.3 Å². The third-order valence-corrected chi connectivity index (χ3v) is 3.78. The number of nitrogens with two attached hydrogens (primary N) is 1. The highest BCUT2D eigenvalue weighted by molar-refractivity contribution is 5.81. The molecule has 3 atom stereocenters. The molecule has 1 unspecified atom stereocenters. The molecule has 9 nitrogen and oxygen atoms in total. The van der Waals surface area contributed by atoms with Gasteiger partial charge >= 0.3 is 12.0 Å². The lowest BCUT2D eigenvalue weighted by molar-refractivity contribution is -0.153. The van der Waals surface area contributed by atoms with Gasteiger partial charge in [0.25, 0.3) is 0 Å². The molecule has 0 saturated carbocycles. The highest BCUT2D eigenvalue weighted by atomic mass is 19.1. The number of esters is 1. The number of hydrogen-bond donors (Lipinski definition) is 2. The summed E-state index contributed by atoms with van der Waals surface area (Å²) in [6, 6.07) is 0. The molecule has 0 bridgehead atoms. The van der Waals surface area contributed by atoms with Gasteiger partial charge in [0.05, 0.1) is 6.33 Å². The predicted molar refractivity (Wildman–Crippen MR) is 78.6 cm³/mol. The minimum atomic E-state index is -1.51. The number of halogens is 1. The zero-order valence-corrected chi connectivity index (χ0v) is 12.6. The number of hydrogen-bond acceptors (Lipinski definition) is 8. The van der Waals surface area contributed by atoms with Gasteiger partial charge in [-0.25, -0.2) is 4.98 Å². The van der Waals surface area contributed by atoms with E-state index in [1.165, 1.54) is 17.8 Å². The number of carbonyl (C=O) groups is 1. The summed E-state index contributed by atoms with van der Waals surface area (Å²) in [6.45, 7) is 0.906. The molecule has 3 N–H and O–H groups in total. The van der Waals surface area contributed by atoms with Crippen LogP contribution in [0.1, 0.15) is 19.6 Å². The van der Waals surface area contributed by atoms with Crippen molar-refractivity contribution in [3.05, 3.63) is 12.4 Å². The van der Waals surface area contributed by atoms with Gasteiger partial charge in [-0.2, -0.15) is 14.4 Å². The van der Waals surface area contributed by atoms with Crippen LogP contribution in [0.2, 0.25) is 0 Å². The summed E-state index contributed by atoms with van der Waals surface area (Å²) in [7, 11) is 0. The first-order valence-electron chi connectivity index (χ1n) is 6.99. The standard InChI is InChI=1S/C14H14FN5O4/c1-3-14(5-23-7(2)21)8(22)4-9(24-14)20-6-17-10-11(16)18-13(15)19-12(10)20/h1,6,8-9,22H,4-5H2,2H3,(H2,16,18,19)/t8-,9?,14+/m0/s1. The maximum absolute atomic E-state index is 13.4. The Morgan fingerprint density at radius 2 is 2.46 bits per heavy atom. The first-order valence-corrected chi connectivity index (χ1v) is 6.99. The van der Waals surface area contributed by atoms with Gasteiger partial charge in [-0.15, -0.1) is 6.42 Å². The van der Waals surface area contributed by atoms with Crippen LogP contribution in [0.5, 0.6) is 0 Å². The molecule has 1 saturated heterocycles. The summed E-state index contributed by atoms with van der Waals surface area (Å²) in [5.41, 5.74) is 4.41. The molecule has 0 amide bonds. The Balaban J connectivity index is 1.95. The number of carbonyl (C=O) groups excluding carboxylic acids is 1. The summed E-state index contributed by atoms with van der Waals surface area (Å²) in [5.74, 6) is 1.66. The second-order valence-electron chi connectivity index (χ2n) is 5.34. The maximum atomic E-state index is 13.4. The van der Waals surface area contributed by atoms with Crippen LogP contribution in [0.15, 0.2) is 6.33 Å². The van der Waals surface area contributed by atoms with Gasteiger partial charge in [0.1, 0.15) is 18.9 Å². The van der Waals surface area contributed by atoms with E-state index in [2.05, 4.69) is 20.9 Å². The number of aliphatic hydroxyl groups excluding tert-OH is 1. The topological polar surface area (TPSA) is 125 Å². The van der Waals surface area contributed by atoms with E-state index < -0.39 is 30.0 Å². The minimum absolute atomic E-state index is 0.0719. The highest BCUT2D eigenvalue weighted by Crippen LogP contribution is 2.38. The zero-order chi connectivity index (χ0) is 17.5. The molecule has 0 aliphatic carbocycles. The molecule has 3 rings (SSSR count). The van der Waals surface area contributed by atoms with Crippen molar-refractivity contribution >= 4 is 23.0 Å². The summed E-state index contributed by atoms with van der Waals surface area (Å²) < 4.78 is 25.4. The molecule has 2 aromatic heterocycles. The normalized spacial score (nSPS) is 26.4. The fourth-order valence-electron chi connectivity index (χ4n) is 2.55. The number of ether oxygens (including phenoxy) is 2. The van der Waals surface area contributed by atoms with Crippen molar-refractivity contribution in [1.82, 2.24) is 19.5 Å². The van der Waals surface area contributed by atoms with Crippen molar-refractivity contribution in [3.63, 3.8) is 0 Å². The smallest absolute Gasteiger partial charge is 0.312 e. The number of terminal acetylenes is 1. The quantitative estimate of drug-likeness (QED) is 0.447.